The monoisotopic (exact) mass is 220 g/mol. The summed E-state index contributed by atoms with van der Waals surface area (Å²) < 4.78 is 27.2. The zero-order valence-electron chi connectivity index (χ0n) is 9.60. The summed E-state index contributed by atoms with van der Waals surface area (Å²) in [5.41, 5.74) is -0.586. The van der Waals surface area contributed by atoms with Crippen LogP contribution in [0.5, 0.6) is 0 Å². The Balaban J connectivity index is 2.93. The number of halogens is 2. The molecule has 1 atom stereocenters. The fourth-order valence-electron chi connectivity index (χ4n) is 1.47. The third kappa shape index (κ3) is 2.58. The summed E-state index contributed by atoms with van der Waals surface area (Å²) in [5.74, 6) is -3.65. The second-order valence-corrected chi connectivity index (χ2v) is 5.11. The molecule has 0 saturated carbocycles. The van der Waals surface area contributed by atoms with Crippen LogP contribution in [-0.4, -0.2) is 35.5 Å². The first-order valence-electron chi connectivity index (χ1n) is 5.08. The van der Waals surface area contributed by atoms with Crippen LogP contribution in [0.15, 0.2) is 0 Å². The van der Waals surface area contributed by atoms with E-state index in [-0.39, 0.29) is 6.54 Å². The van der Waals surface area contributed by atoms with E-state index < -0.39 is 30.0 Å². The maximum absolute atomic E-state index is 13.6. The van der Waals surface area contributed by atoms with Crippen LogP contribution in [0.2, 0.25) is 0 Å². The Morgan fingerprint density at radius 3 is 2.47 bits per heavy atom. The smallest absolute Gasteiger partial charge is 0.318 e. The van der Waals surface area contributed by atoms with Crippen LogP contribution in [-0.2, 0) is 0 Å². The van der Waals surface area contributed by atoms with Crippen LogP contribution >= 0.6 is 0 Å². The predicted molar refractivity (Wildman–Crippen MR) is 54.0 cm³/mol. The van der Waals surface area contributed by atoms with Crippen molar-refractivity contribution in [1.29, 1.82) is 0 Å². The number of hydrogen-bond acceptors (Lipinski definition) is 1. The molecule has 5 heteroatoms. The van der Waals surface area contributed by atoms with E-state index in [2.05, 4.69) is 5.32 Å². The predicted octanol–water partition coefficient (Wildman–Crippen LogP) is 2.08. The zero-order chi connectivity index (χ0) is 11.9. The van der Waals surface area contributed by atoms with Gasteiger partial charge in [-0.2, -0.15) is 0 Å². The fraction of sp³-hybridized carbons (Fsp3) is 0.900. The Bertz CT molecular complexity index is 261. The molecule has 1 saturated heterocycles. The molecule has 1 N–H and O–H groups in total. The van der Waals surface area contributed by atoms with Crippen molar-refractivity contribution in [1.82, 2.24) is 10.2 Å². The van der Waals surface area contributed by atoms with Gasteiger partial charge in [-0.1, -0.05) is 6.92 Å². The van der Waals surface area contributed by atoms with Crippen molar-refractivity contribution in [3.8, 4) is 0 Å². The van der Waals surface area contributed by atoms with Gasteiger partial charge < -0.3 is 10.2 Å². The molecule has 0 aliphatic carbocycles. The van der Waals surface area contributed by atoms with E-state index in [1.807, 2.05) is 0 Å². The van der Waals surface area contributed by atoms with Gasteiger partial charge in [0.05, 0.1) is 6.54 Å². The Hall–Kier alpha value is -0.870. The topological polar surface area (TPSA) is 32.3 Å². The van der Waals surface area contributed by atoms with Gasteiger partial charge in [0.25, 0.3) is 5.92 Å². The lowest BCUT2D eigenvalue weighted by Gasteiger charge is -2.36. The maximum Gasteiger partial charge on any atom is 0.318 e. The van der Waals surface area contributed by atoms with E-state index in [0.29, 0.717) is 0 Å². The minimum absolute atomic E-state index is 0.0262. The number of nitrogens with one attached hydrogen (secondary N) is 1. The molecule has 0 radical (unpaired) electrons. The number of urea groups is 1. The third-order valence-electron chi connectivity index (χ3n) is 2.70. The third-order valence-corrected chi connectivity index (χ3v) is 2.70. The summed E-state index contributed by atoms with van der Waals surface area (Å²) in [4.78, 5) is 12.8. The van der Waals surface area contributed by atoms with Gasteiger partial charge in [0, 0.05) is 18.0 Å². The highest BCUT2D eigenvalue weighted by Gasteiger charge is 2.45. The van der Waals surface area contributed by atoms with Gasteiger partial charge in [0.1, 0.15) is 0 Å². The first-order chi connectivity index (χ1) is 6.64. The number of carbonyl (C=O) groups is 1. The van der Waals surface area contributed by atoms with Crippen LogP contribution in [0, 0.1) is 5.92 Å². The molecule has 3 nitrogen and oxygen atoms in total. The van der Waals surface area contributed by atoms with Gasteiger partial charge in [-0.15, -0.1) is 0 Å². The number of amides is 2. The van der Waals surface area contributed by atoms with Crippen molar-refractivity contribution in [2.45, 2.75) is 39.2 Å². The van der Waals surface area contributed by atoms with Crippen LogP contribution < -0.4 is 5.32 Å². The van der Waals surface area contributed by atoms with Crippen molar-refractivity contribution in [2.24, 2.45) is 5.92 Å². The van der Waals surface area contributed by atoms with Crippen LogP contribution in [0.25, 0.3) is 0 Å². The summed E-state index contributed by atoms with van der Waals surface area (Å²) in [7, 11) is 0. The lowest BCUT2D eigenvalue weighted by Crippen LogP contribution is -2.52. The second kappa shape index (κ2) is 3.61. The van der Waals surface area contributed by atoms with E-state index in [4.69, 9.17) is 0 Å². The van der Waals surface area contributed by atoms with Crippen molar-refractivity contribution in [2.75, 3.05) is 13.1 Å². The first-order valence-corrected chi connectivity index (χ1v) is 5.08. The SMILES string of the molecule is CC1CNC(=O)N(C(C)(C)C)CC1(F)F. The van der Waals surface area contributed by atoms with E-state index in [9.17, 15) is 13.6 Å². The highest BCUT2D eigenvalue weighted by Crippen LogP contribution is 2.30. The van der Waals surface area contributed by atoms with E-state index in [1.54, 1.807) is 20.8 Å². The second-order valence-electron chi connectivity index (χ2n) is 5.11. The molecule has 1 unspecified atom stereocenters. The van der Waals surface area contributed by atoms with Gasteiger partial charge in [-0.05, 0) is 20.8 Å². The highest BCUT2D eigenvalue weighted by molar-refractivity contribution is 5.75. The van der Waals surface area contributed by atoms with Gasteiger partial charge in [0.2, 0.25) is 0 Å². The minimum Gasteiger partial charge on any atom is -0.337 e. The van der Waals surface area contributed by atoms with Gasteiger partial charge in [0.15, 0.2) is 0 Å². The Kier molecular flexibility index (Phi) is 2.94. The number of hydrogen-bond donors (Lipinski definition) is 1. The summed E-state index contributed by atoms with van der Waals surface area (Å²) in [5, 5.41) is 2.51. The molecule has 88 valence electrons. The summed E-state index contributed by atoms with van der Waals surface area (Å²) in [6.07, 6.45) is 0. The number of nitrogens with zero attached hydrogens (tertiary/aromatic N) is 1. The van der Waals surface area contributed by atoms with Crippen molar-refractivity contribution < 1.29 is 13.6 Å². The van der Waals surface area contributed by atoms with E-state index in [0.717, 1.165) is 0 Å². The molecule has 0 aromatic heterocycles. The standard InChI is InChI=1S/C10H18F2N2O/c1-7-5-13-8(15)14(9(2,3)4)6-10(7,11)12/h7H,5-6H2,1-4H3,(H,13,15). The average molecular weight is 220 g/mol. The molecule has 1 fully saturated rings. The highest BCUT2D eigenvalue weighted by atomic mass is 19.3. The Labute approximate surface area is 88.8 Å². The number of rotatable bonds is 0. The summed E-state index contributed by atoms with van der Waals surface area (Å²) >= 11 is 0. The Morgan fingerprint density at radius 2 is 2.00 bits per heavy atom. The molecule has 0 spiro atoms. The van der Waals surface area contributed by atoms with Crippen LogP contribution in [0.3, 0.4) is 0 Å². The minimum atomic E-state index is -2.83. The molecule has 2 amide bonds. The number of carbonyl (C=O) groups excluding carboxylic acids is 1. The molecule has 0 aromatic carbocycles. The van der Waals surface area contributed by atoms with E-state index >= 15 is 0 Å². The normalized spacial score (nSPS) is 27.2. The maximum atomic E-state index is 13.6. The lowest BCUT2D eigenvalue weighted by molar-refractivity contribution is -0.0699. The molecule has 1 aliphatic rings. The van der Waals surface area contributed by atoms with Gasteiger partial charge in [-0.25, -0.2) is 13.6 Å². The zero-order valence-corrected chi connectivity index (χ0v) is 9.60. The molecule has 15 heavy (non-hydrogen) atoms. The molecule has 0 aromatic rings. The van der Waals surface area contributed by atoms with Gasteiger partial charge >= 0.3 is 6.03 Å². The summed E-state index contributed by atoms with van der Waals surface area (Å²) in [6.45, 7) is 6.21. The van der Waals surface area contributed by atoms with Crippen LogP contribution in [0.1, 0.15) is 27.7 Å². The average Bonchev–Trinajstić information content (AvgIpc) is 2.15. The fourth-order valence-corrected chi connectivity index (χ4v) is 1.47. The molecule has 1 rings (SSSR count). The van der Waals surface area contributed by atoms with Crippen molar-refractivity contribution in [3.05, 3.63) is 0 Å². The Morgan fingerprint density at radius 1 is 1.47 bits per heavy atom. The van der Waals surface area contributed by atoms with Gasteiger partial charge in [-0.3, -0.25) is 0 Å². The number of alkyl halides is 2. The lowest BCUT2D eigenvalue weighted by atomic mass is 10.0. The van der Waals surface area contributed by atoms with Crippen molar-refractivity contribution >= 4 is 6.03 Å². The molecular formula is C10H18F2N2O. The van der Waals surface area contributed by atoms with E-state index in [1.165, 1.54) is 11.8 Å². The first kappa shape index (κ1) is 12.2. The van der Waals surface area contributed by atoms with Crippen molar-refractivity contribution in [3.63, 3.8) is 0 Å². The molecular weight excluding hydrogens is 202 g/mol. The quantitative estimate of drug-likeness (QED) is 0.666. The van der Waals surface area contributed by atoms with Crippen LogP contribution in [0.4, 0.5) is 13.6 Å². The molecule has 0 bridgehead atoms. The largest absolute Gasteiger partial charge is 0.337 e. The molecule has 1 aliphatic heterocycles. The molecule has 1 heterocycles. The summed E-state index contributed by atoms with van der Waals surface area (Å²) in [6, 6.07) is -0.411.